The van der Waals surface area contributed by atoms with Gasteiger partial charge in [0.15, 0.2) is 23.0 Å². The van der Waals surface area contributed by atoms with Crippen molar-refractivity contribution in [1.82, 2.24) is 5.32 Å². The molecule has 0 aliphatic rings. The van der Waals surface area contributed by atoms with E-state index in [4.69, 9.17) is 4.74 Å². The second-order valence-electron chi connectivity index (χ2n) is 4.14. The fraction of sp³-hybridized carbons (Fsp3) is 0.417. The van der Waals surface area contributed by atoms with Crippen LogP contribution < -0.4 is 10.1 Å². The largest absolute Gasteiger partial charge is 0.472 e. The monoisotopic (exact) mass is 275 g/mol. The standard InChI is InChI=1S/C12H15F2NO2S/c1-12(2,11(16)15-6-7-18)17-10-8(13)4-3-5-9(10)14/h3-5,18H,6-7H2,1-2H3,(H,15,16). The van der Waals surface area contributed by atoms with Gasteiger partial charge >= 0.3 is 0 Å². The molecule has 3 nitrogen and oxygen atoms in total. The van der Waals surface area contributed by atoms with Gasteiger partial charge in [0.2, 0.25) is 0 Å². The van der Waals surface area contributed by atoms with Crippen LogP contribution in [0.2, 0.25) is 0 Å². The maximum absolute atomic E-state index is 13.4. The molecule has 0 aliphatic carbocycles. The lowest BCUT2D eigenvalue weighted by molar-refractivity contribution is -0.134. The summed E-state index contributed by atoms with van der Waals surface area (Å²) in [6, 6.07) is 3.37. The van der Waals surface area contributed by atoms with Gasteiger partial charge in [-0.1, -0.05) is 6.07 Å². The highest BCUT2D eigenvalue weighted by atomic mass is 32.1. The van der Waals surface area contributed by atoms with Crippen LogP contribution in [0.4, 0.5) is 8.78 Å². The average Bonchev–Trinajstić information content (AvgIpc) is 2.31. The topological polar surface area (TPSA) is 38.3 Å². The van der Waals surface area contributed by atoms with E-state index in [-0.39, 0.29) is 0 Å². The highest BCUT2D eigenvalue weighted by molar-refractivity contribution is 7.80. The lowest BCUT2D eigenvalue weighted by Gasteiger charge is -2.25. The van der Waals surface area contributed by atoms with Crippen LogP contribution in [0.25, 0.3) is 0 Å². The van der Waals surface area contributed by atoms with Crippen LogP contribution in [0.15, 0.2) is 18.2 Å². The van der Waals surface area contributed by atoms with Gasteiger partial charge in [0.1, 0.15) is 0 Å². The second kappa shape index (κ2) is 6.04. The Morgan fingerprint density at radius 1 is 1.39 bits per heavy atom. The molecular weight excluding hydrogens is 260 g/mol. The Morgan fingerprint density at radius 3 is 2.44 bits per heavy atom. The van der Waals surface area contributed by atoms with E-state index in [1.54, 1.807) is 0 Å². The maximum atomic E-state index is 13.4. The quantitative estimate of drug-likeness (QED) is 0.808. The highest BCUT2D eigenvalue weighted by Gasteiger charge is 2.31. The number of carbonyl (C=O) groups excluding carboxylic acids is 1. The summed E-state index contributed by atoms with van der Waals surface area (Å²) < 4.78 is 31.9. The van der Waals surface area contributed by atoms with E-state index >= 15 is 0 Å². The van der Waals surface area contributed by atoms with E-state index in [0.717, 1.165) is 12.1 Å². The van der Waals surface area contributed by atoms with Gasteiger partial charge < -0.3 is 10.1 Å². The first-order valence-electron chi connectivity index (χ1n) is 5.40. The molecule has 0 fully saturated rings. The van der Waals surface area contributed by atoms with Crippen molar-refractivity contribution in [2.24, 2.45) is 0 Å². The van der Waals surface area contributed by atoms with Gasteiger partial charge in [0, 0.05) is 12.3 Å². The van der Waals surface area contributed by atoms with E-state index in [1.165, 1.54) is 19.9 Å². The fourth-order valence-corrected chi connectivity index (χ4v) is 1.38. The third kappa shape index (κ3) is 3.60. The molecule has 1 rings (SSSR count). The SMILES string of the molecule is CC(C)(Oc1c(F)cccc1F)C(=O)NCCS. The minimum absolute atomic E-state index is 0.356. The molecule has 1 aromatic carbocycles. The number of halogens is 2. The molecule has 1 N–H and O–H groups in total. The third-order valence-corrected chi connectivity index (χ3v) is 2.44. The Kier molecular flexibility index (Phi) is 4.95. The Bertz CT molecular complexity index is 418. The smallest absolute Gasteiger partial charge is 0.263 e. The van der Waals surface area contributed by atoms with Gasteiger partial charge in [-0.15, -0.1) is 0 Å². The van der Waals surface area contributed by atoms with Gasteiger partial charge in [-0.3, -0.25) is 4.79 Å². The number of carbonyl (C=O) groups is 1. The minimum Gasteiger partial charge on any atom is -0.472 e. The van der Waals surface area contributed by atoms with Gasteiger partial charge in [0.05, 0.1) is 0 Å². The Hall–Kier alpha value is -1.30. The van der Waals surface area contributed by atoms with Crippen LogP contribution in [0.1, 0.15) is 13.8 Å². The molecule has 0 saturated heterocycles. The lowest BCUT2D eigenvalue weighted by atomic mass is 10.1. The summed E-state index contributed by atoms with van der Waals surface area (Å²) in [5, 5.41) is 2.55. The zero-order valence-electron chi connectivity index (χ0n) is 10.2. The molecule has 100 valence electrons. The van der Waals surface area contributed by atoms with Crippen molar-refractivity contribution < 1.29 is 18.3 Å². The molecule has 0 atom stereocenters. The van der Waals surface area contributed by atoms with E-state index in [2.05, 4.69) is 17.9 Å². The van der Waals surface area contributed by atoms with E-state index in [0.29, 0.717) is 12.3 Å². The highest BCUT2D eigenvalue weighted by Crippen LogP contribution is 2.25. The molecule has 0 heterocycles. The molecule has 18 heavy (non-hydrogen) atoms. The van der Waals surface area contributed by atoms with Crippen molar-refractivity contribution in [3.05, 3.63) is 29.8 Å². The van der Waals surface area contributed by atoms with E-state index in [9.17, 15) is 13.6 Å². The maximum Gasteiger partial charge on any atom is 0.263 e. The second-order valence-corrected chi connectivity index (χ2v) is 4.59. The first kappa shape index (κ1) is 14.8. The normalized spacial score (nSPS) is 11.2. The van der Waals surface area contributed by atoms with Gasteiger partial charge in [-0.05, 0) is 26.0 Å². The third-order valence-electron chi connectivity index (χ3n) is 2.22. The number of benzene rings is 1. The molecule has 0 aliphatic heterocycles. The molecule has 0 unspecified atom stereocenters. The first-order chi connectivity index (χ1) is 8.38. The molecule has 0 saturated carbocycles. The molecule has 0 aromatic heterocycles. The number of rotatable bonds is 5. The number of thiol groups is 1. The van der Waals surface area contributed by atoms with Crippen molar-refractivity contribution in [1.29, 1.82) is 0 Å². The number of amides is 1. The van der Waals surface area contributed by atoms with Crippen LogP contribution >= 0.6 is 12.6 Å². The zero-order chi connectivity index (χ0) is 13.8. The summed E-state index contributed by atoms with van der Waals surface area (Å²) in [5.41, 5.74) is -1.37. The van der Waals surface area contributed by atoms with Crippen LogP contribution in [0.5, 0.6) is 5.75 Å². The number of hydrogen-bond acceptors (Lipinski definition) is 3. The summed E-state index contributed by atoms with van der Waals surface area (Å²) in [5.74, 6) is -2.23. The summed E-state index contributed by atoms with van der Waals surface area (Å²) in [6.45, 7) is 3.23. The van der Waals surface area contributed by atoms with Crippen LogP contribution in [-0.4, -0.2) is 23.8 Å². The van der Waals surface area contributed by atoms with Crippen molar-refractivity contribution in [2.45, 2.75) is 19.4 Å². The predicted octanol–water partition coefficient (Wildman–Crippen LogP) is 2.17. The summed E-state index contributed by atoms with van der Waals surface area (Å²) in [7, 11) is 0. The number of ether oxygens (including phenoxy) is 1. The number of hydrogen-bond donors (Lipinski definition) is 2. The number of nitrogens with one attached hydrogen (secondary N) is 1. The molecule has 0 bridgehead atoms. The van der Waals surface area contributed by atoms with Crippen molar-refractivity contribution in [2.75, 3.05) is 12.3 Å². The Balaban J connectivity index is 2.85. The van der Waals surface area contributed by atoms with E-state index in [1.807, 2.05) is 0 Å². The van der Waals surface area contributed by atoms with E-state index < -0.39 is 28.9 Å². The Morgan fingerprint density at radius 2 is 1.94 bits per heavy atom. The first-order valence-corrected chi connectivity index (χ1v) is 6.04. The molecular formula is C12H15F2NO2S. The summed E-state index contributed by atoms with van der Waals surface area (Å²) in [6.07, 6.45) is 0. The summed E-state index contributed by atoms with van der Waals surface area (Å²) >= 11 is 3.95. The Labute approximate surface area is 110 Å². The van der Waals surface area contributed by atoms with Gasteiger partial charge in [-0.2, -0.15) is 12.6 Å². The van der Waals surface area contributed by atoms with Crippen molar-refractivity contribution >= 4 is 18.5 Å². The van der Waals surface area contributed by atoms with Gasteiger partial charge in [0.25, 0.3) is 5.91 Å². The minimum atomic E-state index is -1.37. The summed E-state index contributed by atoms with van der Waals surface area (Å²) in [4.78, 5) is 11.7. The van der Waals surface area contributed by atoms with Crippen molar-refractivity contribution in [3.8, 4) is 5.75 Å². The van der Waals surface area contributed by atoms with Crippen molar-refractivity contribution in [3.63, 3.8) is 0 Å². The molecule has 0 spiro atoms. The zero-order valence-corrected chi connectivity index (χ0v) is 11.1. The van der Waals surface area contributed by atoms with Crippen LogP contribution in [0.3, 0.4) is 0 Å². The van der Waals surface area contributed by atoms with Crippen LogP contribution in [-0.2, 0) is 4.79 Å². The molecule has 1 aromatic rings. The van der Waals surface area contributed by atoms with Crippen LogP contribution in [0, 0.1) is 11.6 Å². The number of para-hydroxylation sites is 1. The molecule has 0 radical (unpaired) electrons. The molecule has 6 heteroatoms. The fourth-order valence-electron chi connectivity index (χ4n) is 1.26. The average molecular weight is 275 g/mol. The molecule has 1 amide bonds. The predicted molar refractivity (Wildman–Crippen MR) is 67.9 cm³/mol. The lowest BCUT2D eigenvalue weighted by Crippen LogP contribution is -2.47. The van der Waals surface area contributed by atoms with Gasteiger partial charge in [-0.25, -0.2) is 8.78 Å².